The number of fused-ring (bicyclic) bond motifs is 1. The van der Waals surface area contributed by atoms with Crippen LogP contribution in [-0.2, 0) is 6.61 Å². The van der Waals surface area contributed by atoms with Crippen molar-refractivity contribution >= 4 is 21.4 Å². The summed E-state index contributed by atoms with van der Waals surface area (Å²) in [5.74, 6) is 1.23. The van der Waals surface area contributed by atoms with E-state index >= 15 is 0 Å². The predicted octanol–water partition coefficient (Wildman–Crippen LogP) is 9.79. The first-order valence-corrected chi connectivity index (χ1v) is 12.3. The van der Waals surface area contributed by atoms with Crippen molar-refractivity contribution in [3.05, 3.63) is 101 Å². The van der Waals surface area contributed by atoms with Crippen LogP contribution < -0.4 is 4.74 Å². The highest BCUT2D eigenvalue weighted by atomic mass is 32.1. The monoisotopic (exact) mass is 452 g/mol. The highest BCUT2D eigenvalue weighted by Crippen LogP contribution is 2.30. The third-order valence-corrected chi connectivity index (χ3v) is 5.71. The molecule has 4 aromatic rings. The van der Waals surface area contributed by atoms with Crippen molar-refractivity contribution in [2.75, 3.05) is 0 Å². The lowest BCUT2D eigenvalue weighted by molar-refractivity contribution is 0.305. The van der Waals surface area contributed by atoms with Gasteiger partial charge in [0.15, 0.2) is 0 Å². The Morgan fingerprint density at radius 1 is 0.812 bits per heavy atom. The zero-order valence-corrected chi connectivity index (χ0v) is 21.3. The molecule has 0 radical (unpaired) electrons. The second kappa shape index (κ2) is 15.2. The van der Waals surface area contributed by atoms with Crippen LogP contribution in [0.15, 0.2) is 78.9 Å². The van der Waals surface area contributed by atoms with Gasteiger partial charge in [-0.05, 0) is 65.8 Å². The number of thiophene rings is 1. The molecule has 32 heavy (non-hydrogen) atoms. The number of ether oxygens (including phenoxy) is 1. The third-order valence-electron chi connectivity index (χ3n) is 4.30. The topological polar surface area (TPSA) is 9.23 Å². The molecular weight excluding hydrogens is 415 g/mol. The molecule has 3 heteroatoms. The number of hydrogen-bond acceptors (Lipinski definition) is 2. The lowest BCUT2D eigenvalue weighted by Crippen LogP contribution is -1.95. The van der Waals surface area contributed by atoms with E-state index in [0.29, 0.717) is 12.5 Å². The van der Waals surface area contributed by atoms with Crippen molar-refractivity contribution in [3.8, 4) is 5.75 Å². The van der Waals surface area contributed by atoms with Crippen LogP contribution in [0.2, 0.25) is 0 Å². The van der Waals surface area contributed by atoms with Gasteiger partial charge in [-0.3, -0.25) is 0 Å². The van der Waals surface area contributed by atoms with Crippen LogP contribution in [-0.4, -0.2) is 0 Å². The molecule has 0 amide bonds. The van der Waals surface area contributed by atoms with Crippen LogP contribution >= 0.6 is 11.3 Å². The summed E-state index contributed by atoms with van der Waals surface area (Å²) in [5.41, 5.74) is 1.98. The van der Waals surface area contributed by atoms with Gasteiger partial charge in [0.2, 0.25) is 0 Å². The van der Waals surface area contributed by atoms with Crippen LogP contribution in [0.1, 0.15) is 63.5 Å². The molecule has 0 atom stereocenters. The highest BCUT2D eigenvalue weighted by molar-refractivity contribution is 7.19. The van der Waals surface area contributed by atoms with Crippen LogP contribution in [0.5, 0.6) is 5.75 Å². The quantitative estimate of drug-likeness (QED) is 0.299. The molecule has 1 heterocycles. The number of aryl methyl sites for hydroxylation is 1. The summed E-state index contributed by atoms with van der Waals surface area (Å²) in [4.78, 5) is 1.48. The van der Waals surface area contributed by atoms with Crippen molar-refractivity contribution < 1.29 is 9.13 Å². The minimum absolute atomic E-state index is 0.231. The summed E-state index contributed by atoms with van der Waals surface area (Å²) in [6, 6.07) is 25.1. The average Bonchev–Trinajstić information content (AvgIpc) is 3.26. The van der Waals surface area contributed by atoms with Gasteiger partial charge in [-0.25, -0.2) is 4.39 Å². The Hall–Kier alpha value is -2.65. The molecule has 0 aliphatic rings. The van der Waals surface area contributed by atoms with Gasteiger partial charge >= 0.3 is 0 Å². The van der Waals surface area contributed by atoms with Crippen molar-refractivity contribution in [1.82, 2.24) is 0 Å². The van der Waals surface area contributed by atoms with Gasteiger partial charge in [0.05, 0.1) is 0 Å². The number of hydrogen-bond donors (Lipinski definition) is 0. The number of halogens is 1. The van der Waals surface area contributed by atoms with Gasteiger partial charge < -0.3 is 4.74 Å². The maximum atomic E-state index is 12.9. The van der Waals surface area contributed by atoms with Gasteiger partial charge in [0.25, 0.3) is 0 Å². The molecule has 1 nitrogen and oxygen atoms in total. The molecule has 0 unspecified atom stereocenters. The smallest absolute Gasteiger partial charge is 0.123 e. The Labute approximate surface area is 197 Å². The van der Waals surface area contributed by atoms with E-state index in [1.807, 2.05) is 76.3 Å². The lowest BCUT2D eigenvalue weighted by Gasteiger charge is -2.06. The summed E-state index contributed by atoms with van der Waals surface area (Å²) >= 11 is 1.91. The van der Waals surface area contributed by atoms with Crippen molar-refractivity contribution in [3.63, 3.8) is 0 Å². The molecule has 172 valence electrons. The van der Waals surface area contributed by atoms with E-state index < -0.39 is 0 Å². The minimum atomic E-state index is -0.231. The minimum Gasteiger partial charge on any atom is -0.489 e. The van der Waals surface area contributed by atoms with Gasteiger partial charge in [0, 0.05) is 9.58 Å². The molecule has 4 rings (SSSR count). The molecule has 0 saturated carbocycles. The lowest BCUT2D eigenvalue weighted by atomic mass is 10.1. The first-order valence-electron chi connectivity index (χ1n) is 11.4. The van der Waals surface area contributed by atoms with Gasteiger partial charge in [-0.1, -0.05) is 84.0 Å². The molecule has 0 spiro atoms. The van der Waals surface area contributed by atoms with E-state index in [4.69, 9.17) is 4.74 Å². The van der Waals surface area contributed by atoms with E-state index in [1.165, 1.54) is 27.1 Å². The molecule has 0 aliphatic heterocycles. The Balaban J connectivity index is 0.000000285. The zero-order chi connectivity index (χ0) is 23.9. The van der Waals surface area contributed by atoms with Crippen molar-refractivity contribution in [2.45, 2.75) is 61.0 Å². The predicted molar refractivity (Wildman–Crippen MR) is 141 cm³/mol. The fraction of sp³-hybridized carbons (Fsp3) is 0.310. The Morgan fingerprint density at radius 3 is 2.12 bits per heavy atom. The fourth-order valence-corrected chi connectivity index (χ4v) is 3.85. The third kappa shape index (κ3) is 9.23. The summed E-state index contributed by atoms with van der Waals surface area (Å²) < 4.78 is 19.9. The highest BCUT2D eigenvalue weighted by Gasteiger charge is 2.03. The largest absolute Gasteiger partial charge is 0.489 e. The average molecular weight is 453 g/mol. The Bertz CT molecular complexity index is 957. The normalized spacial score (nSPS) is 9.66. The van der Waals surface area contributed by atoms with Crippen LogP contribution in [0.3, 0.4) is 0 Å². The van der Waals surface area contributed by atoms with Crippen molar-refractivity contribution in [2.24, 2.45) is 0 Å². The first kappa shape index (κ1) is 27.4. The Kier molecular flexibility index (Phi) is 13.0. The second-order valence-corrected chi connectivity index (χ2v) is 8.19. The Morgan fingerprint density at radius 2 is 1.50 bits per heavy atom. The summed E-state index contributed by atoms with van der Waals surface area (Å²) in [7, 11) is 0. The maximum absolute atomic E-state index is 12.9. The molecule has 1 aromatic heterocycles. The van der Waals surface area contributed by atoms with E-state index in [2.05, 4.69) is 44.2 Å². The van der Waals surface area contributed by atoms with Gasteiger partial charge in [-0.15, -0.1) is 11.3 Å². The molecule has 0 N–H and O–H groups in total. The first-order chi connectivity index (χ1) is 15.5. The number of rotatable bonds is 4. The van der Waals surface area contributed by atoms with E-state index in [-0.39, 0.29) is 5.82 Å². The number of benzene rings is 3. The van der Waals surface area contributed by atoms with E-state index in [9.17, 15) is 4.39 Å². The summed E-state index contributed by atoms with van der Waals surface area (Å²) in [6.45, 7) is 14.9. The van der Waals surface area contributed by atoms with Crippen LogP contribution in [0.25, 0.3) is 10.1 Å². The van der Waals surface area contributed by atoms with Gasteiger partial charge in [0.1, 0.15) is 18.2 Å². The fourth-order valence-electron chi connectivity index (χ4n) is 2.79. The van der Waals surface area contributed by atoms with Crippen LogP contribution in [0.4, 0.5) is 4.39 Å². The molecule has 0 bridgehead atoms. The molecule has 0 aliphatic carbocycles. The standard InChI is InChI=1S/C14H13FO.C11H12S.2C2H6/c1-11-4-2-7-14(8-11)16-10-12-5-3-6-13(15)9-12;1-8(2)11-7-9-5-3-4-6-10(9)12-11;2*1-2/h2-9H,10H2,1H3;3-8H,1-2H3;2*1-2H3. The van der Waals surface area contributed by atoms with E-state index in [0.717, 1.165) is 16.9 Å². The second-order valence-electron chi connectivity index (χ2n) is 7.08. The SMILES string of the molecule is CC.CC.CC(C)c1cc2ccccc2s1.Cc1cccc(OCc2cccc(F)c2)c1. The van der Waals surface area contributed by atoms with Gasteiger partial charge in [-0.2, -0.15) is 0 Å². The molecule has 0 fully saturated rings. The molecule has 3 aromatic carbocycles. The van der Waals surface area contributed by atoms with E-state index in [1.54, 1.807) is 6.07 Å². The summed E-state index contributed by atoms with van der Waals surface area (Å²) in [5, 5.41) is 1.38. The zero-order valence-electron chi connectivity index (χ0n) is 20.5. The molecule has 0 saturated heterocycles. The maximum Gasteiger partial charge on any atom is 0.123 e. The van der Waals surface area contributed by atoms with Crippen molar-refractivity contribution in [1.29, 1.82) is 0 Å². The van der Waals surface area contributed by atoms with Crippen LogP contribution in [0, 0.1) is 12.7 Å². The molecular formula is C29H37FOS. The summed E-state index contributed by atoms with van der Waals surface area (Å²) in [6.07, 6.45) is 0.